The first-order valence-electron chi connectivity index (χ1n) is 10.9. The Kier molecular flexibility index (Phi) is 5.68. The summed E-state index contributed by atoms with van der Waals surface area (Å²) < 4.78 is 1.63. The van der Waals surface area contributed by atoms with E-state index in [9.17, 15) is 9.59 Å². The molecule has 5 heteroatoms. The molecule has 1 aromatic heterocycles. The normalized spacial score (nSPS) is 15.3. The maximum atomic E-state index is 13.2. The number of carbonyl (C=O) groups is 1. The number of pyridine rings is 1. The first kappa shape index (κ1) is 20.6. The second kappa shape index (κ2) is 9.09. The lowest BCUT2D eigenvalue weighted by atomic mass is 9.96. The zero-order chi connectivity index (χ0) is 22.6. The smallest absolute Gasteiger partial charge is 0.274 e. The fourth-order valence-corrected chi connectivity index (χ4v) is 4.10. The van der Waals surface area contributed by atoms with Gasteiger partial charge in [-0.1, -0.05) is 84.9 Å². The summed E-state index contributed by atoms with van der Waals surface area (Å²) in [4.78, 5) is 31.1. The van der Waals surface area contributed by atoms with E-state index in [2.05, 4.69) is 5.32 Å². The van der Waals surface area contributed by atoms with Crippen molar-refractivity contribution in [1.29, 1.82) is 0 Å². The van der Waals surface area contributed by atoms with E-state index in [1.807, 2.05) is 91.0 Å². The van der Waals surface area contributed by atoms with Gasteiger partial charge < -0.3 is 9.88 Å². The Morgan fingerprint density at radius 2 is 1.52 bits per heavy atom. The number of hydrogen-bond donors (Lipinski definition) is 1. The molecular formula is C28H23N3O2. The third-order valence-electron chi connectivity index (χ3n) is 5.76. The highest BCUT2D eigenvalue weighted by Crippen LogP contribution is 2.22. The first-order valence-corrected chi connectivity index (χ1v) is 10.9. The van der Waals surface area contributed by atoms with Crippen LogP contribution in [0.25, 0.3) is 0 Å². The molecule has 1 atom stereocenters. The number of anilines is 1. The Labute approximate surface area is 192 Å². The monoisotopic (exact) mass is 433 g/mol. The largest absolute Gasteiger partial charge is 0.353 e. The van der Waals surface area contributed by atoms with E-state index in [0.717, 1.165) is 28.0 Å². The van der Waals surface area contributed by atoms with Crippen molar-refractivity contribution in [1.82, 2.24) is 4.57 Å². The van der Waals surface area contributed by atoms with Crippen LogP contribution in [0.5, 0.6) is 0 Å². The van der Waals surface area contributed by atoms with Crippen molar-refractivity contribution in [3.05, 3.63) is 136 Å². The highest BCUT2D eigenvalue weighted by Gasteiger charge is 2.26. The minimum atomic E-state index is -0.854. The lowest BCUT2D eigenvalue weighted by Gasteiger charge is -2.15. The van der Waals surface area contributed by atoms with Gasteiger partial charge in [0.15, 0.2) is 11.9 Å². The summed E-state index contributed by atoms with van der Waals surface area (Å²) in [5, 5.41) is 3.13. The van der Waals surface area contributed by atoms with E-state index in [4.69, 9.17) is 4.99 Å². The fourth-order valence-electron chi connectivity index (χ4n) is 4.10. The van der Waals surface area contributed by atoms with Crippen molar-refractivity contribution in [2.75, 3.05) is 5.32 Å². The van der Waals surface area contributed by atoms with Crippen LogP contribution in [0.3, 0.4) is 0 Å². The van der Waals surface area contributed by atoms with Gasteiger partial charge in [0.1, 0.15) is 5.69 Å². The topological polar surface area (TPSA) is 63.5 Å². The first-order chi connectivity index (χ1) is 16.2. The number of Topliss-reactive ketones (excluding diaryl/α,β-unsaturated/α-hetero) is 1. The number of fused-ring (bicyclic) bond motifs is 1. The van der Waals surface area contributed by atoms with Crippen LogP contribution < -0.4 is 10.9 Å². The number of hydrogen-bond acceptors (Lipinski definition) is 4. The molecule has 3 aromatic carbocycles. The van der Waals surface area contributed by atoms with E-state index < -0.39 is 6.17 Å². The van der Waals surface area contributed by atoms with Crippen molar-refractivity contribution < 1.29 is 4.79 Å². The van der Waals surface area contributed by atoms with Crippen LogP contribution in [-0.4, -0.2) is 22.2 Å². The van der Waals surface area contributed by atoms with Crippen LogP contribution in [0.2, 0.25) is 0 Å². The summed E-state index contributed by atoms with van der Waals surface area (Å²) in [6, 6.07) is 31.0. The molecule has 0 radical (unpaired) electrons. The molecule has 0 amide bonds. The maximum Gasteiger partial charge on any atom is 0.274 e. The summed E-state index contributed by atoms with van der Waals surface area (Å²) in [6.07, 6.45) is 1.15. The fraction of sp³-hybridized carbons (Fsp3) is 0.107. The lowest BCUT2D eigenvalue weighted by Crippen LogP contribution is -2.33. The van der Waals surface area contributed by atoms with Crippen molar-refractivity contribution in [2.24, 2.45) is 4.99 Å². The highest BCUT2D eigenvalue weighted by molar-refractivity contribution is 6.16. The van der Waals surface area contributed by atoms with Crippen LogP contribution in [0.1, 0.15) is 22.3 Å². The summed E-state index contributed by atoms with van der Waals surface area (Å²) in [7, 11) is 0. The number of ketones is 1. The number of carbonyl (C=O) groups excluding carboxylic acids is 1. The van der Waals surface area contributed by atoms with Crippen molar-refractivity contribution in [3.8, 4) is 0 Å². The van der Waals surface area contributed by atoms with Gasteiger partial charge in [0.25, 0.3) is 5.56 Å². The minimum absolute atomic E-state index is 0.0776. The minimum Gasteiger partial charge on any atom is -0.353 e. The molecule has 33 heavy (non-hydrogen) atoms. The molecule has 4 aromatic rings. The van der Waals surface area contributed by atoms with E-state index in [-0.39, 0.29) is 17.8 Å². The Hall–Kier alpha value is -4.25. The zero-order valence-corrected chi connectivity index (χ0v) is 18.0. The van der Waals surface area contributed by atoms with Crippen molar-refractivity contribution >= 4 is 17.2 Å². The average Bonchev–Trinajstić information content (AvgIpc) is 2.99. The molecule has 0 saturated heterocycles. The summed E-state index contributed by atoms with van der Waals surface area (Å²) in [5.74, 6) is -0.0776. The molecule has 0 fully saturated rings. The lowest BCUT2D eigenvalue weighted by molar-refractivity contribution is -0.118. The number of rotatable bonds is 5. The van der Waals surface area contributed by atoms with Gasteiger partial charge in [-0.3, -0.25) is 14.6 Å². The van der Waals surface area contributed by atoms with Gasteiger partial charge in [0, 0.05) is 23.7 Å². The molecule has 0 saturated carbocycles. The van der Waals surface area contributed by atoms with Gasteiger partial charge in [0.2, 0.25) is 0 Å². The molecule has 5 rings (SSSR count). The van der Waals surface area contributed by atoms with Gasteiger partial charge in [-0.15, -0.1) is 0 Å². The molecule has 1 aliphatic rings. The molecule has 162 valence electrons. The number of benzene rings is 3. The van der Waals surface area contributed by atoms with E-state index in [1.165, 1.54) is 0 Å². The van der Waals surface area contributed by atoms with Gasteiger partial charge in [-0.25, -0.2) is 0 Å². The second-order valence-electron chi connectivity index (χ2n) is 8.03. The maximum absolute atomic E-state index is 13.2. The molecule has 5 nitrogen and oxygen atoms in total. The summed E-state index contributed by atoms with van der Waals surface area (Å²) in [5.41, 5.74) is 4.75. The SMILES string of the molecule is O=C1Cc2ccccc2C(c2ccccc2)=NC1Nc1cccn(Cc2ccccc2)c1=O. The molecule has 1 aliphatic heterocycles. The van der Waals surface area contributed by atoms with Gasteiger partial charge in [-0.05, 0) is 23.3 Å². The van der Waals surface area contributed by atoms with Crippen LogP contribution in [0, 0.1) is 0 Å². The molecule has 0 spiro atoms. The van der Waals surface area contributed by atoms with E-state index >= 15 is 0 Å². The van der Waals surface area contributed by atoms with Crippen molar-refractivity contribution in [3.63, 3.8) is 0 Å². The Balaban J connectivity index is 1.51. The van der Waals surface area contributed by atoms with Crippen molar-refractivity contribution in [2.45, 2.75) is 19.1 Å². The second-order valence-corrected chi connectivity index (χ2v) is 8.03. The van der Waals surface area contributed by atoms with Crippen LogP contribution in [-0.2, 0) is 17.8 Å². The number of aliphatic imine (C=N–C) groups is 1. The predicted octanol–water partition coefficient (Wildman–Crippen LogP) is 4.30. The Morgan fingerprint density at radius 3 is 2.30 bits per heavy atom. The van der Waals surface area contributed by atoms with Crippen LogP contribution in [0.4, 0.5) is 5.69 Å². The highest BCUT2D eigenvalue weighted by atomic mass is 16.1. The van der Waals surface area contributed by atoms with Gasteiger partial charge in [0.05, 0.1) is 12.3 Å². The number of nitrogens with one attached hydrogen (secondary N) is 1. The Morgan fingerprint density at radius 1 is 0.818 bits per heavy atom. The molecule has 0 aliphatic carbocycles. The third kappa shape index (κ3) is 4.39. The molecule has 0 bridgehead atoms. The summed E-state index contributed by atoms with van der Waals surface area (Å²) in [6.45, 7) is 0.456. The number of aromatic nitrogens is 1. The van der Waals surface area contributed by atoms with Crippen LogP contribution >= 0.6 is 0 Å². The molecule has 2 heterocycles. The quantitative estimate of drug-likeness (QED) is 0.511. The molecule has 1 N–H and O–H groups in total. The van der Waals surface area contributed by atoms with Crippen LogP contribution in [0.15, 0.2) is 113 Å². The Bertz CT molecular complexity index is 1380. The van der Waals surface area contributed by atoms with E-state index in [1.54, 1.807) is 16.8 Å². The van der Waals surface area contributed by atoms with Gasteiger partial charge in [-0.2, -0.15) is 0 Å². The number of nitrogens with zero attached hydrogens (tertiary/aromatic N) is 2. The molecular weight excluding hydrogens is 410 g/mol. The standard InChI is InChI=1S/C28H23N3O2/c32-25-18-22-14-7-8-15-23(22)26(21-12-5-2-6-13-21)30-27(25)29-24-16-9-17-31(28(24)33)19-20-10-3-1-4-11-20/h1-17,27,29H,18-19H2. The zero-order valence-electron chi connectivity index (χ0n) is 18.0. The van der Waals surface area contributed by atoms with Gasteiger partial charge >= 0.3 is 0 Å². The van der Waals surface area contributed by atoms with E-state index in [0.29, 0.717) is 12.2 Å². The molecule has 1 unspecified atom stereocenters. The summed E-state index contributed by atoms with van der Waals surface area (Å²) >= 11 is 0. The average molecular weight is 434 g/mol. The third-order valence-corrected chi connectivity index (χ3v) is 5.76. The predicted molar refractivity (Wildman–Crippen MR) is 131 cm³/mol.